The molecule has 2 amide bonds. The maximum atomic E-state index is 12.6. The van der Waals surface area contributed by atoms with Gasteiger partial charge in [-0.2, -0.15) is 0 Å². The summed E-state index contributed by atoms with van der Waals surface area (Å²) in [5.41, 5.74) is 0.825. The molecule has 2 aromatic carbocycles. The van der Waals surface area contributed by atoms with Crippen LogP contribution in [-0.2, 0) is 9.59 Å². The molecule has 1 heterocycles. The molecule has 0 saturated carbocycles. The van der Waals surface area contributed by atoms with Crippen molar-refractivity contribution in [3.63, 3.8) is 0 Å². The number of aliphatic hydroxyl groups is 2. The van der Waals surface area contributed by atoms with E-state index in [4.69, 9.17) is 16.4 Å². The standard InChI is InChI=1S/C22H25BrClN3O5/c1-14(15-2-4-16(23)5-3-15)25-21(30)19(28)20(29)22(31)26-10-12-27(13-11-26)32-18-8-6-17(24)7-9-18/h2-9,14,19-20,28-29H,10-13H2,1H3,(H,25,30)/t14-,19+,20+/m0/s1. The van der Waals surface area contributed by atoms with E-state index in [1.165, 1.54) is 4.90 Å². The molecule has 1 aliphatic heterocycles. The van der Waals surface area contributed by atoms with Crippen LogP contribution in [0.1, 0.15) is 18.5 Å². The maximum absolute atomic E-state index is 12.6. The van der Waals surface area contributed by atoms with Crippen LogP contribution in [0, 0.1) is 0 Å². The molecule has 172 valence electrons. The zero-order valence-electron chi connectivity index (χ0n) is 17.4. The summed E-state index contributed by atoms with van der Waals surface area (Å²) < 4.78 is 0.902. The van der Waals surface area contributed by atoms with E-state index in [0.717, 1.165) is 10.0 Å². The molecule has 0 unspecified atom stereocenters. The molecule has 1 saturated heterocycles. The van der Waals surface area contributed by atoms with Crippen LogP contribution in [0.2, 0.25) is 5.02 Å². The Morgan fingerprint density at radius 2 is 1.59 bits per heavy atom. The maximum Gasteiger partial charge on any atom is 0.254 e. The number of carbonyl (C=O) groups excluding carboxylic acids is 2. The van der Waals surface area contributed by atoms with E-state index in [-0.39, 0.29) is 13.1 Å². The Morgan fingerprint density at radius 1 is 1.00 bits per heavy atom. The lowest BCUT2D eigenvalue weighted by Crippen LogP contribution is -2.56. The summed E-state index contributed by atoms with van der Waals surface area (Å²) in [6.45, 7) is 3.14. The van der Waals surface area contributed by atoms with Crippen molar-refractivity contribution in [3.8, 4) is 5.75 Å². The summed E-state index contributed by atoms with van der Waals surface area (Å²) in [6, 6.07) is 13.9. The molecular formula is C22H25BrClN3O5. The number of hydrogen-bond acceptors (Lipinski definition) is 6. The minimum Gasteiger partial charge on any atom is -0.406 e. The second-order valence-corrected chi connectivity index (χ2v) is 8.82. The molecule has 0 aromatic heterocycles. The number of aliphatic hydroxyl groups excluding tert-OH is 2. The van der Waals surface area contributed by atoms with Gasteiger partial charge >= 0.3 is 0 Å². The molecule has 0 aliphatic carbocycles. The van der Waals surface area contributed by atoms with E-state index >= 15 is 0 Å². The summed E-state index contributed by atoms with van der Waals surface area (Å²) in [4.78, 5) is 32.1. The van der Waals surface area contributed by atoms with Gasteiger partial charge in [0.15, 0.2) is 12.2 Å². The second-order valence-electron chi connectivity index (χ2n) is 7.47. The molecule has 0 spiro atoms. The molecule has 32 heavy (non-hydrogen) atoms. The van der Waals surface area contributed by atoms with Gasteiger partial charge in [-0.3, -0.25) is 9.59 Å². The van der Waals surface area contributed by atoms with Gasteiger partial charge in [0.1, 0.15) is 5.75 Å². The van der Waals surface area contributed by atoms with Crippen molar-refractivity contribution in [2.75, 3.05) is 26.2 Å². The number of nitrogens with one attached hydrogen (secondary N) is 1. The van der Waals surface area contributed by atoms with Crippen LogP contribution >= 0.6 is 27.5 Å². The Kier molecular flexibility index (Phi) is 8.50. The lowest BCUT2D eigenvalue weighted by Gasteiger charge is -2.35. The Hall–Kier alpha value is -2.17. The van der Waals surface area contributed by atoms with E-state index in [0.29, 0.717) is 23.9 Å². The zero-order valence-corrected chi connectivity index (χ0v) is 19.8. The fraction of sp³-hybridized carbons (Fsp3) is 0.364. The fourth-order valence-corrected chi connectivity index (χ4v) is 3.63. The van der Waals surface area contributed by atoms with Gasteiger partial charge in [0.05, 0.1) is 19.1 Å². The number of nitrogens with zero attached hydrogens (tertiary/aromatic N) is 2. The first-order valence-corrected chi connectivity index (χ1v) is 11.3. The van der Waals surface area contributed by atoms with Crippen molar-refractivity contribution in [2.45, 2.75) is 25.2 Å². The van der Waals surface area contributed by atoms with Crippen LogP contribution in [0.3, 0.4) is 0 Å². The average Bonchev–Trinajstić information content (AvgIpc) is 2.80. The summed E-state index contributed by atoms with van der Waals surface area (Å²) in [6.07, 6.45) is -3.72. The van der Waals surface area contributed by atoms with Gasteiger partial charge in [-0.15, -0.1) is 5.06 Å². The number of carbonyl (C=O) groups is 2. The SMILES string of the molecule is C[C@H](NC(=O)[C@H](O)[C@@H](O)C(=O)N1CCN(Oc2ccc(Cl)cc2)CC1)c1ccc(Br)cc1. The summed E-state index contributed by atoms with van der Waals surface area (Å²) in [5.74, 6) is -0.887. The van der Waals surface area contributed by atoms with Crippen molar-refractivity contribution in [3.05, 3.63) is 63.6 Å². The predicted molar refractivity (Wildman–Crippen MR) is 123 cm³/mol. The number of amides is 2. The molecule has 3 N–H and O–H groups in total. The Balaban J connectivity index is 1.48. The lowest BCUT2D eigenvalue weighted by molar-refractivity contribution is -0.158. The zero-order chi connectivity index (χ0) is 23.3. The summed E-state index contributed by atoms with van der Waals surface area (Å²) >= 11 is 9.21. The van der Waals surface area contributed by atoms with Gasteiger partial charge in [-0.05, 0) is 48.9 Å². The van der Waals surface area contributed by atoms with Gasteiger partial charge in [-0.25, -0.2) is 0 Å². The van der Waals surface area contributed by atoms with Gasteiger partial charge in [0.2, 0.25) is 0 Å². The van der Waals surface area contributed by atoms with E-state index in [2.05, 4.69) is 21.2 Å². The third kappa shape index (κ3) is 6.43. The number of hydrogen-bond donors (Lipinski definition) is 3. The van der Waals surface area contributed by atoms with Crippen molar-refractivity contribution in [2.24, 2.45) is 0 Å². The third-order valence-electron chi connectivity index (χ3n) is 5.15. The van der Waals surface area contributed by atoms with Crippen LogP contribution < -0.4 is 10.2 Å². The highest BCUT2D eigenvalue weighted by molar-refractivity contribution is 9.10. The molecule has 2 aromatic rings. The van der Waals surface area contributed by atoms with Crippen molar-refractivity contribution < 1.29 is 24.6 Å². The molecule has 3 rings (SSSR count). The predicted octanol–water partition coefficient (Wildman–Crippen LogP) is 2.14. The number of hydroxylamine groups is 2. The Bertz CT molecular complexity index is 920. The van der Waals surface area contributed by atoms with Crippen LogP contribution in [0.25, 0.3) is 0 Å². The van der Waals surface area contributed by atoms with Gasteiger partial charge < -0.3 is 25.3 Å². The van der Waals surface area contributed by atoms with Crippen molar-refractivity contribution >= 4 is 39.3 Å². The first-order valence-electron chi connectivity index (χ1n) is 10.1. The number of halogens is 2. The molecule has 0 bridgehead atoms. The lowest BCUT2D eigenvalue weighted by atomic mass is 10.1. The third-order valence-corrected chi connectivity index (χ3v) is 5.93. The van der Waals surface area contributed by atoms with Gasteiger partial charge in [-0.1, -0.05) is 39.7 Å². The van der Waals surface area contributed by atoms with E-state index in [9.17, 15) is 19.8 Å². The first-order chi connectivity index (χ1) is 15.2. The Morgan fingerprint density at radius 3 is 2.19 bits per heavy atom. The van der Waals surface area contributed by atoms with Crippen molar-refractivity contribution in [1.82, 2.24) is 15.3 Å². The summed E-state index contributed by atoms with van der Waals surface area (Å²) in [7, 11) is 0. The molecule has 10 heteroatoms. The van der Waals surface area contributed by atoms with E-state index < -0.39 is 30.1 Å². The molecule has 1 aliphatic rings. The number of benzene rings is 2. The van der Waals surface area contributed by atoms with E-state index in [1.807, 2.05) is 24.3 Å². The van der Waals surface area contributed by atoms with Gasteiger partial charge in [0, 0.05) is 22.6 Å². The topological polar surface area (TPSA) is 102 Å². The Labute approximate surface area is 199 Å². The highest BCUT2D eigenvalue weighted by Crippen LogP contribution is 2.19. The monoisotopic (exact) mass is 525 g/mol. The molecule has 1 fully saturated rings. The highest BCUT2D eigenvalue weighted by Gasteiger charge is 2.35. The summed E-state index contributed by atoms with van der Waals surface area (Å²) in [5, 5.41) is 25.4. The average molecular weight is 527 g/mol. The minimum absolute atomic E-state index is 0.285. The minimum atomic E-state index is -1.87. The van der Waals surface area contributed by atoms with Gasteiger partial charge in [0.25, 0.3) is 11.8 Å². The highest BCUT2D eigenvalue weighted by atomic mass is 79.9. The molecule has 3 atom stereocenters. The quantitative estimate of drug-likeness (QED) is 0.511. The normalized spacial score (nSPS) is 17.3. The largest absolute Gasteiger partial charge is 0.406 e. The van der Waals surface area contributed by atoms with Crippen LogP contribution in [0.5, 0.6) is 5.75 Å². The van der Waals surface area contributed by atoms with Crippen LogP contribution in [0.15, 0.2) is 53.0 Å². The number of rotatable bonds is 7. The number of piperazine rings is 1. The van der Waals surface area contributed by atoms with Crippen LogP contribution in [0.4, 0.5) is 0 Å². The fourth-order valence-electron chi connectivity index (χ4n) is 3.24. The second kappa shape index (κ2) is 11.1. The molecular weight excluding hydrogens is 502 g/mol. The molecule has 0 radical (unpaired) electrons. The smallest absolute Gasteiger partial charge is 0.254 e. The van der Waals surface area contributed by atoms with Crippen LogP contribution in [-0.4, -0.2) is 70.4 Å². The first kappa shape index (κ1) is 24.5. The van der Waals surface area contributed by atoms with E-state index in [1.54, 1.807) is 36.3 Å². The molecule has 8 nitrogen and oxygen atoms in total. The van der Waals surface area contributed by atoms with Crippen molar-refractivity contribution in [1.29, 1.82) is 0 Å².